The third-order valence-electron chi connectivity index (χ3n) is 5.99. The number of hydrogen-bond donors (Lipinski definition) is 1. The van der Waals surface area contributed by atoms with Crippen LogP contribution in [0.4, 0.5) is 5.82 Å². The first-order valence-corrected chi connectivity index (χ1v) is 12.7. The van der Waals surface area contributed by atoms with Crippen molar-refractivity contribution in [2.45, 2.75) is 54.4 Å². The molecule has 2 heterocycles. The van der Waals surface area contributed by atoms with Gasteiger partial charge in [-0.25, -0.2) is 30.7 Å². The molecule has 1 unspecified atom stereocenters. The monoisotopic (exact) mass is 437 g/mol. The van der Waals surface area contributed by atoms with Crippen molar-refractivity contribution in [1.82, 2.24) is 14.1 Å². The first-order chi connectivity index (χ1) is 13.6. The summed E-state index contributed by atoms with van der Waals surface area (Å²) in [5, 5.41) is 4.63. The molecule has 0 bridgehead atoms. The minimum absolute atomic E-state index is 0.133. The third kappa shape index (κ3) is 3.17. The first-order valence-electron chi connectivity index (χ1n) is 9.74. The van der Waals surface area contributed by atoms with Crippen LogP contribution in [-0.2, 0) is 25.5 Å². The highest BCUT2D eigenvalue weighted by Gasteiger charge is 2.48. The number of aryl methyl sites for hydroxylation is 1. The van der Waals surface area contributed by atoms with E-state index in [9.17, 15) is 12.6 Å². The lowest BCUT2D eigenvalue weighted by atomic mass is 9.82. The van der Waals surface area contributed by atoms with Crippen molar-refractivity contribution in [3.8, 4) is 0 Å². The summed E-state index contributed by atoms with van der Waals surface area (Å²) in [6.07, 6.45) is 5.17. The second-order valence-electron chi connectivity index (χ2n) is 8.16. The van der Waals surface area contributed by atoms with E-state index >= 15 is 0 Å². The molecule has 29 heavy (non-hydrogen) atoms. The SMILES string of the molecule is Cc1cc2n(n1)C1(CCCCC1)CN2S(=O)(=O)c1ccc(S(=N)(=O)N(C)C)cc1. The summed E-state index contributed by atoms with van der Waals surface area (Å²) in [5.74, 6) is 0.617. The van der Waals surface area contributed by atoms with Crippen LogP contribution in [0.2, 0.25) is 0 Å². The molecule has 1 aliphatic carbocycles. The number of fused-ring (bicyclic) bond motifs is 2. The van der Waals surface area contributed by atoms with E-state index in [1.165, 1.54) is 39.3 Å². The minimum Gasteiger partial charge on any atom is -0.247 e. The Morgan fingerprint density at radius 1 is 1.03 bits per heavy atom. The van der Waals surface area contributed by atoms with Crippen molar-refractivity contribution >= 4 is 25.8 Å². The third-order valence-corrected chi connectivity index (χ3v) is 9.69. The van der Waals surface area contributed by atoms with Crippen molar-refractivity contribution in [3.05, 3.63) is 36.0 Å². The lowest BCUT2D eigenvalue weighted by Crippen LogP contribution is -2.41. The van der Waals surface area contributed by atoms with E-state index in [0.717, 1.165) is 31.4 Å². The van der Waals surface area contributed by atoms with Gasteiger partial charge in [0.2, 0.25) is 0 Å². The Labute approximate surface area is 172 Å². The summed E-state index contributed by atoms with van der Waals surface area (Å²) in [6.45, 7) is 2.28. The van der Waals surface area contributed by atoms with Crippen LogP contribution in [0.5, 0.6) is 0 Å². The molecular weight excluding hydrogens is 410 g/mol. The predicted molar refractivity (Wildman–Crippen MR) is 112 cm³/mol. The lowest BCUT2D eigenvalue weighted by molar-refractivity contribution is 0.206. The van der Waals surface area contributed by atoms with Crippen molar-refractivity contribution in [1.29, 1.82) is 4.78 Å². The van der Waals surface area contributed by atoms with Crippen molar-refractivity contribution in [2.75, 3.05) is 24.9 Å². The maximum absolute atomic E-state index is 13.5. The molecular formula is C19H27N5O3S2. The number of hydrogen-bond acceptors (Lipinski definition) is 5. The van der Waals surface area contributed by atoms with E-state index in [2.05, 4.69) is 5.10 Å². The van der Waals surface area contributed by atoms with E-state index in [0.29, 0.717) is 12.4 Å². The molecule has 158 valence electrons. The normalized spacial score (nSPS) is 20.8. The number of anilines is 1. The summed E-state index contributed by atoms with van der Waals surface area (Å²) in [5.41, 5.74) is 0.537. The van der Waals surface area contributed by atoms with Crippen molar-refractivity contribution in [3.63, 3.8) is 0 Å². The standard InChI is InChI=1S/C19H27N5O3S2/c1-15-13-18-23(14-19(24(18)21-15)11-5-4-6-12-19)29(26,27)17-9-7-16(8-10-17)28(20,25)22(2)3/h7-10,13,20H,4-6,11-12,14H2,1-3H3. The van der Waals surface area contributed by atoms with E-state index in [1.807, 2.05) is 17.7 Å². The molecule has 10 heteroatoms. The van der Waals surface area contributed by atoms with Gasteiger partial charge in [0.25, 0.3) is 10.0 Å². The van der Waals surface area contributed by atoms with Crippen molar-refractivity contribution < 1.29 is 12.6 Å². The number of nitrogens with zero attached hydrogens (tertiary/aromatic N) is 4. The van der Waals surface area contributed by atoms with Crippen LogP contribution in [0.15, 0.2) is 40.1 Å². The maximum atomic E-state index is 13.5. The highest BCUT2D eigenvalue weighted by atomic mass is 32.2. The fourth-order valence-electron chi connectivity index (χ4n) is 4.35. The zero-order valence-electron chi connectivity index (χ0n) is 17.0. The molecule has 1 aromatic heterocycles. The summed E-state index contributed by atoms with van der Waals surface area (Å²) < 4.78 is 52.2. The molecule has 1 atom stereocenters. The highest BCUT2D eigenvalue weighted by molar-refractivity contribution is 7.93. The Balaban J connectivity index is 1.73. The van der Waals surface area contributed by atoms with Crippen LogP contribution in [-0.4, -0.2) is 47.4 Å². The van der Waals surface area contributed by atoms with Crippen molar-refractivity contribution in [2.24, 2.45) is 0 Å². The van der Waals surface area contributed by atoms with E-state index in [1.54, 1.807) is 14.1 Å². The van der Waals surface area contributed by atoms with Gasteiger partial charge in [0.15, 0.2) is 0 Å². The second-order valence-corrected chi connectivity index (χ2v) is 12.3. The summed E-state index contributed by atoms with van der Waals surface area (Å²) in [7, 11) is -3.77. The summed E-state index contributed by atoms with van der Waals surface area (Å²) in [6, 6.07) is 7.66. The molecule has 8 nitrogen and oxygen atoms in total. The van der Waals surface area contributed by atoms with Gasteiger partial charge in [-0.2, -0.15) is 5.10 Å². The molecule has 2 aliphatic rings. The molecule has 1 aliphatic heterocycles. The Hall–Kier alpha value is -1.91. The van der Waals surface area contributed by atoms with Crippen LogP contribution in [0.3, 0.4) is 0 Å². The van der Waals surface area contributed by atoms with Gasteiger partial charge in [0.05, 0.1) is 27.6 Å². The zero-order valence-corrected chi connectivity index (χ0v) is 18.6. The maximum Gasteiger partial charge on any atom is 0.265 e. The van der Waals surface area contributed by atoms with Crippen LogP contribution >= 0.6 is 0 Å². The van der Waals surface area contributed by atoms with Gasteiger partial charge in [0.1, 0.15) is 15.7 Å². The van der Waals surface area contributed by atoms with Gasteiger partial charge >= 0.3 is 0 Å². The van der Waals surface area contributed by atoms with Gasteiger partial charge in [-0.1, -0.05) is 19.3 Å². The van der Waals surface area contributed by atoms with E-state index < -0.39 is 19.9 Å². The molecule has 0 saturated heterocycles. The van der Waals surface area contributed by atoms with Crippen LogP contribution in [0, 0.1) is 11.7 Å². The van der Waals surface area contributed by atoms with Crippen LogP contribution in [0.1, 0.15) is 37.8 Å². The number of aromatic nitrogens is 2. The fourth-order valence-corrected chi connectivity index (χ4v) is 6.80. The Bertz CT molecular complexity index is 1130. The highest BCUT2D eigenvalue weighted by Crippen LogP contribution is 2.45. The molecule has 0 radical (unpaired) electrons. The molecule has 0 amide bonds. The summed E-state index contributed by atoms with van der Waals surface area (Å²) >= 11 is 0. The van der Waals surface area contributed by atoms with Gasteiger partial charge in [-0.05, 0) is 44.0 Å². The number of sulfonamides is 1. The van der Waals surface area contributed by atoms with E-state index in [-0.39, 0.29) is 15.3 Å². The number of rotatable bonds is 4. The molecule has 4 rings (SSSR count). The number of benzene rings is 1. The Morgan fingerprint density at radius 3 is 2.21 bits per heavy atom. The summed E-state index contributed by atoms with van der Waals surface area (Å²) in [4.78, 5) is 0.418. The minimum atomic E-state index is -3.79. The Morgan fingerprint density at radius 2 is 1.62 bits per heavy atom. The first kappa shape index (κ1) is 20.4. The van der Waals surface area contributed by atoms with Gasteiger partial charge in [0, 0.05) is 20.2 Å². The van der Waals surface area contributed by atoms with Gasteiger partial charge < -0.3 is 0 Å². The average molecular weight is 438 g/mol. The molecule has 2 aromatic rings. The predicted octanol–water partition coefficient (Wildman–Crippen LogP) is 2.94. The smallest absolute Gasteiger partial charge is 0.247 e. The second kappa shape index (κ2) is 6.82. The molecule has 1 saturated carbocycles. The quantitative estimate of drug-likeness (QED) is 0.795. The van der Waals surface area contributed by atoms with Gasteiger partial charge in [-0.15, -0.1) is 0 Å². The zero-order chi connectivity index (χ0) is 21.0. The molecule has 1 spiro atoms. The molecule has 1 fully saturated rings. The fraction of sp³-hybridized carbons (Fsp3) is 0.526. The molecule has 1 N–H and O–H groups in total. The molecule has 1 aromatic carbocycles. The Kier molecular flexibility index (Phi) is 4.79. The van der Waals surface area contributed by atoms with Gasteiger partial charge in [-0.3, -0.25) is 0 Å². The topological polar surface area (TPSA) is 99.4 Å². The van der Waals surface area contributed by atoms with E-state index in [4.69, 9.17) is 4.78 Å². The van der Waals surface area contributed by atoms with Crippen LogP contribution in [0.25, 0.3) is 0 Å². The van der Waals surface area contributed by atoms with Crippen LogP contribution < -0.4 is 4.31 Å². The number of nitrogens with one attached hydrogen (secondary N) is 1. The largest absolute Gasteiger partial charge is 0.265 e. The average Bonchev–Trinajstić information content (AvgIpc) is 3.20. The lowest BCUT2D eigenvalue weighted by Gasteiger charge is -2.33.